The molecule has 1 atom stereocenters. The van der Waals surface area contributed by atoms with E-state index < -0.39 is 0 Å². The summed E-state index contributed by atoms with van der Waals surface area (Å²) >= 11 is 1.81. The Morgan fingerprint density at radius 2 is 1.77 bits per heavy atom. The number of carbonyl (C=O) groups is 1. The Morgan fingerprint density at radius 3 is 2.28 bits per heavy atom. The lowest BCUT2D eigenvalue weighted by atomic mass is 9.96. The van der Waals surface area contributed by atoms with Crippen LogP contribution in [0, 0.1) is 5.92 Å². The first-order valence-corrected chi connectivity index (χ1v) is 16.5. The summed E-state index contributed by atoms with van der Waals surface area (Å²) in [4.78, 5) is 20.7. The average Bonchev–Trinajstić information content (AvgIpc) is 3.03. The summed E-state index contributed by atoms with van der Waals surface area (Å²) in [5.41, 5.74) is 6.86. The summed E-state index contributed by atoms with van der Waals surface area (Å²) in [5.74, 6) is 1.40. The highest BCUT2D eigenvalue weighted by molar-refractivity contribution is 8.06. The second kappa shape index (κ2) is 21.6. The first-order chi connectivity index (χ1) is 20.7. The van der Waals surface area contributed by atoms with Crippen molar-refractivity contribution in [2.45, 2.75) is 67.7 Å². The van der Waals surface area contributed by atoms with E-state index in [1.54, 1.807) is 12.3 Å². The molecule has 0 radical (unpaired) electrons. The van der Waals surface area contributed by atoms with Crippen LogP contribution in [0.5, 0.6) is 0 Å². The number of unbranched alkanes of at least 4 members (excludes halogenated alkanes) is 1. The molecule has 1 aliphatic rings. The van der Waals surface area contributed by atoms with Crippen LogP contribution in [0.3, 0.4) is 0 Å². The average molecular weight is 605 g/mol. The predicted molar refractivity (Wildman–Crippen MR) is 192 cm³/mol. The van der Waals surface area contributed by atoms with Crippen molar-refractivity contribution >= 4 is 23.9 Å². The second-order valence-electron chi connectivity index (χ2n) is 11.0. The van der Waals surface area contributed by atoms with Gasteiger partial charge in [-0.1, -0.05) is 75.4 Å². The fourth-order valence-electron chi connectivity index (χ4n) is 4.33. The SMILES string of the molecule is C=CC(=C/C)/C(=C\C(=C/C)C(=C/CCC)\SC=C(C)C)/C=C(/NC)C(C)CC.CN1CCN(c2cc(C=O)ccn2)CC1. The number of likely N-dealkylation sites (N-methyl/N-ethyl adjacent to an activating group) is 1. The highest BCUT2D eigenvalue weighted by Crippen LogP contribution is 2.31. The predicted octanol–water partition coefficient (Wildman–Crippen LogP) is 9.13. The number of thioether (sulfide) groups is 1. The molecule has 5 nitrogen and oxygen atoms in total. The Labute approximate surface area is 267 Å². The Hall–Kier alpha value is -3.09. The molecule has 1 N–H and O–H groups in total. The number of nitrogens with one attached hydrogen (secondary N) is 1. The first kappa shape index (κ1) is 37.9. The molecule has 2 rings (SSSR count). The Kier molecular flexibility index (Phi) is 19.0. The maximum atomic E-state index is 10.6. The van der Waals surface area contributed by atoms with Crippen LogP contribution in [0.25, 0.3) is 0 Å². The zero-order valence-corrected chi connectivity index (χ0v) is 29.1. The van der Waals surface area contributed by atoms with Gasteiger partial charge < -0.3 is 15.1 Å². The molecule has 0 aromatic carbocycles. The number of hydrogen-bond acceptors (Lipinski definition) is 6. The summed E-state index contributed by atoms with van der Waals surface area (Å²) < 4.78 is 0. The van der Waals surface area contributed by atoms with E-state index in [2.05, 4.69) is 118 Å². The molecule has 0 amide bonds. The molecule has 236 valence electrons. The van der Waals surface area contributed by atoms with Crippen molar-refractivity contribution in [3.8, 4) is 0 Å². The van der Waals surface area contributed by atoms with Crippen LogP contribution >= 0.6 is 11.8 Å². The zero-order chi connectivity index (χ0) is 32.2. The summed E-state index contributed by atoms with van der Waals surface area (Å²) in [5, 5.41) is 5.62. The molecule has 0 saturated carbocycles. The van der Waals surface area contributed by atoms with E-state index in [4.69, 9.17) is 0 Å². The maximum absolute atomic E-state index is 10.6. The molecule has 1 fully saturated rings. The molecule has 43 heavy (non-hydrogen) atoms. The van der Waals surface area contributed by atoms with Gasteiger partial charge in [0, 0.05) is 55.6 Å². The van der Waals surface area contributed by atoms with Crippen LogP contribution in [0.4, 0.5) is 5.82 Å². The Morgan fingerprint density at radius 1 is 1.09 bits per heavy atom. The van der Waals surface area contributed by atoms with Crippen LogP contribution in [0.1, 0.15) is 78.1 Å². The van der Waals surface area contributed by atoms with Crippen molar-refractivity contribution in [3.05, 3.63) is 105 Å². The molecular weight excluding hydrogens is 549 g/mol. The van der Waals surface area contributed by atoms with E-state index in [1.807, 2.05) is 31.0 Å². The van der Waals surface area contributed by atoms with Gasteiger partial charge in [-0.15, -0.1) is 0 Å². The first-order valence-electron chi connectivity index (χ1n) is 15.6. The van der Waals surface area contributed by atoms with Crippen molar-refractivity contribution in [2.24, 2.45) is 5.92 Å². The van der Waals surface area contributed by atoms with E-state index >= 15 is 0 Å². The standard InChI is InChI=1S/C26H41NS.C11H15N3O/c1-10-15-16-26(28-19-20(6)7)23(14-5)17-24(22(12-3)13-4)18-25(27-9)21(8)11-2;1-13-4-6-14(7-5-13)11-8-10(9-15)2-3-12-11/h12-14,16-19,21,27H,3,10-11,15H2,1-2,4-9H3;2-3,8-9H,4-7H2,1H3/b22-13-,23-14+,24-17-,25-18+,26-16+;. The quantitative estimate of drug-likeness (QED) is 0.169. The number of aldehydes is 1. The lowest BCUT2D eigenvalue weighted by molar-refractivity contribution is 0.112. The summed E-state index contributed by atoms with van der Waals surface area (Å²) in [6.07, 6.45) is 19.1. The molecule has 1 saturated heterocycles. The van der Waals surface area contributed by atoms with Gasteiger partial charge in [0.1, 0.15) is 12.1 Å². The number of aromatic nitrogens is 1. The lowest BCUT2D eigenvalue weighted by Gasteiger charge is -2.33. The van der Waals surface area contributed by atoms with Crippen LogP contribution in [0.15, 0.2) is 99.7 Å². The minimum absolute atomic E-state index is 0.487. The molecule has 1 aliphatic heterocycles. The Bertz CT molecular complexity index is 1190. The Balaban J connectivity index is 0.000000510. The third-order valence-corrected chi connectivity index (χ3v) is 8.53. The molecule has 0 spiro atoms. The van der Waals surface area contributed by atoms with Gasteiger partial charge >= 0.3 is 0 Å². The molecular formula is C37H56N4OS. The molecule has 0 aliphatic carbocycles. The van der Waals surface area contributed by atoms with E-state index in [1.165, 1.54) is 27.3 Å². The lowest BCUT2D eigenvalue weighted by Crippen LogP contribution is -2.44. The van der Waals surface area contributed by atoms with Crippen LogP contribution < -0.4 is 10.2 Å². The number of piperazine rings is 1. The molecule has 1 aromatic rings. The van der Waals surface area contributed by atoms with Gasteiger partial charge in [0.05, 0.1) is 0 Å². The van der Waals surface area contributed by atoms with E-state index in [0.717, 1.165) is 63.1 Å². The third-order valence-electron chi connectivity index (χ3n) is 7.29. The van der Waals surface area contributed by atoms with Crippen molar-refractivity contribution in [3.63, 3.8) is 0 Å². The smallest absolute Gasteiger partial charge is 0.150 e. The summed E-state index contributed by atoms with van der Waals surface area (Å²) in [6.45, 7) is 23.3. The highest BCUT2D eigenvalue weighted by Gasteiger charge is 2.15. The minimum atomic E-state index is 0.487. The number of pyridine rings is 1. The largest absolute Gasteiger partial charge is 0.391 e. The monoisotopic (exact) mass is 604 g/mol. The molecule has 1 unspecified atom stereocenters. The molecule has 1 aromatic heterocycles. The highest BCUT2D eigenvalue weighted by atomic mass is 32.2. The van der Waals surface area contributed by atoms with Crippen LogP contribution in [-0.4, -0.2) is 56.4 Å². The van der Waals surface area contributed by atoms with Gasteiger partial charge in [0.25, 0.3) is 0 Å². The van der Waals surface area contributed by atoms with Gasteiger partial charge in [-0.3, -0.25) is 4.79 Å². The number of rotatable bonds is 14. The van der Waals surface area contributed by atoms with Gasteiger partial charge in [-0.25, -0.2) is 4.98 Å². The van der Waals surface area contributed by atoms with E-state index in [-0.39, 0.29) is 0 Å². The topological polar surface area (TPSA) is 48.5 Å². The van der Waals surface area contributed by atoms with Crippen molar-refractivity contribution in [1.82, 2.24) is 15.2 Å². The van der Waals surface area contributed by atoms with Gasteiger partial charge in [-0.05, 0) is 99.9 Å². The van der Waals surface area contributed by atoms with Crippen LogP contribution in [0.2, 0.25) is 0 Å². The molecule has 6 heteroatoms. The molecule has 2 heterocycles. The van der Waals surface area contributed by atoms with Gasteiger partial charge in [0.15, 0.2) is 0 Å². The summed E-state index contributed by atoms with van der Waals surface area (Å²) in [6, 6.07) is 3.57. The van der Waals surface area contributed by atoms with Crippen molar-refractivity contribution in [1.29, 1.82) is 0 Å². The number of carbonyl (C=O) groups excluding carboxylic acids is 1. The van der Waals surface area contributed by atoms with Crippen LogP contribution in [-0.2, 0) is 0 Å². The minimum Gasteiger partial charge on any atom is -0.391 e. The van der Waals surface area contributed by atoms with E-state index in [0.29, 0.717) is 11.5 Å². The number of hydrogen-bond donors (Lipinski definition) is 1. The summed E-state index contributed by atoms with van der Waals surface area (Å²) in [7, 11) is 4.12. The maximum Gasteiger partial charge on any atom is 0.150 e. The number of nitrogens with zero attached hydrogens (tertiary/aromatic N) is 3. The third kappa shape index (κ3) is 13.8. The van der Waals surface area contributed by atoms with E-state index in [9.17, 15) is 4.79 Å². The van der Waals surface area contributed by atoms with Gasteiger partial charge in [-0.2, -0.15) is 0 Å². The fourth-order valence-corrected chi connectivity index (χ4v) is 5.22. The second-order valence-corrected chi connectivity index (χ2v) is 11.9. The van der Waals surface area contributed by atoms with Crippen molar-refractivity contribution in [2.75, 3.05) is 45.2 Å². The molecule has 0 bridgehead atoms. The number of allylic oxidation sites excluding steroid dienone is 11. The van der Waals surface area contributed by atoms with Crippen molar-refractivity contribution < 1.29 is 4.79 Å². The zero-order valence-electron chi connectivity index (χ0n) is 28.2. The normalized spacial score (nSPS) is 16.2. The number of anilines is 1. The van der Waals surface area contributed by atoms with Gasteiger partial charge in [0.2, 0.25) is 0 Å². The fraction of sp³-hybridized carbons (Fsp3) is 0.459.